The van der Waals surface area contributed by atoms with Gasteiger partial charge in [0.05, 0.1) is 11.5 Å². The van der Waals surface area contributed by atoms with E-state index in [0.29, 0.717) is 35.1 Å². The van der Waals surface area contributed by atoms with Crippen LogP contribution in [0.3, 0.4) is 0 Å². The molecular weight excluding hydrogens is 260 g/mol. The Morgan fingerprint density at radius 1 is 1.24 bits per heavy atom. The first-order valence-electron chi connectivity index (χ1n) is 6.45. The van der Waals surface area contributed by atoms with Gasteiger partial charge in [-0.1, -0.05) is 0 Å². The van der Waals surface area contributed by atoms with Gasteiger partial charge in [0.25, 0.3) is 0 Å². The maximum Gasteiger partial charge on any atom is 0.150 e. The molecule has 0 aromatic rings. The summed E-state index contributed by atoms with van der Waals surface area (Å²) in [5.41, 5.74) is 0. The second-order valence-corrected chi connectivity index (χ2v) is 7.91. The van der Waals surface area contributed by atoms with Gasteiger partial charge in [0, 0.05) is 19.1 Å². The van der Waals surface area contributed by atoms with Crippen LogP contribution in [0.15, 0.2) is 0 Å². The Kier molecular flexibility index (Phi) is 4.72. The molecule has 17 heavy (non-hydrogen) atoms. The molecule has 2 fully saturated rings. The standard InChI is InChI=1S/C12H21ClO3S/c13-8-12(7-10-1-4-16-5-2-10)11-3-6-17(14,15)9-11/h10-12H,1-9H2. The van der Waals surface area contributed by atoms with Crippen LogP contribution in [0.1, 0.15) is 25.7 Å². The van der Waals surface area contributed by atoms with Crippen molar-refractivity contribution in [3.8, 4) is 0 Å². The van der Waals surface area contributed by atoms with Crippen molar-refractivity contribution in [2.75, 3.05) is 30.6 Å². The van der Waals surface area contributed by atoms with Crippen LogP contribution in [0.25, 0.3) is 0 Å². The first-order chi connectivity index (χ1) is 8.11. The quantitative estimate of drug-likeness (QED) is 0.741. The normalized spacial score (nSPS) is 31.5. The molecule has 2 aliphatic rings. The summed E-state index contributed by atoms with van der Waals surface area (Å²) in [4.78, 5) is 0. The largest absolute Gasteiger partial charge is 0.381 e. The van der Waals surface area contributed by atoms with Crippen LogP contribution < -0.4 is 0 Å². The fraction of sp³-hybridized carbons (Fsp3) is 1.00. The maximum absolute atomic E-state index is 11.5. The van der Waals surface area contributed by atoms with Crippen LogP contribution in [0.2, 0.25) is 0 Å². The monoisotopic (exact) mass is 280 g/mol. The first kappa shape index (κ1) is 13.6. The third kappa shape index (κ3) is 3.83. The lowest BCUT2D eigenvalue weighted by molar-refractivity contribution is 0.0569. The smallest absolute Gasteiger partial charge is 0.150 e. The van der Waals surface area contributed by atoms with Gasteiger partial charge in [-0.15, -0.1) is 11.6 Å². The van der Waals surface area contributed by atoms with Crippen LogP contribution in [0.4, 0.5) is 0 Å². The number of hydrogen-bond donors (Lipinski definition) is 0. The molecule has 0 N–H and O–H groups in total. The van der Waals surface area contributed by atoms with Crippen LogP contribution in [0, 0.1) is 17.8 Å². The molecule has 2 atom stereocenters. The predicted molar refractivity (Wildman–Crippen MR) is 69.1 cm³/mol. The van der Waals surface area contributed by atoms with Crippen molar-refractivity contribution in [3.63, 3.8) is 0 Å². The second kappa shape index (κ2) is 5.89. The summed E-state index contributed by atoms with van der Waals surface area (Å²) in [7, 11) is -2.77. The lowest BCUT2D eigenvalue weighted by atomic mass is 9.82. The average Bonchev–Trinajstić information content (AvgIpc) is 2.68. The lowest BCUT2D eigenvalue weighted by Crippen LogP contribution is -2.24. The Bertz CT molecular complexity index is 336. The number of rotatable bonds is 4. The van der Waals surface area contributed by atoms with Crippen molar-refractivity contribution in [1.29, 1.82) is 0 Å². The zero-order valence-electron chi connectivity index (χ0n) is 10.1. The molecule has 2 aliphatic heterocycles. The van der Waals surface area contributed by atoms with Gasteiger partial charge < -0.3 is 4.74 Å². The number of hydrogen-bond acceptors (Lipinski definition) is 3. The molecule has 0 aromatic heterocycles. The number of alkyl halides is 1. The predicted octanol–water partition coefficient (Wildman–Crippen LogP) is 2.09. The maximum atomic E-state index is 11.5. The van der Waals surface area contributed by atoms with E-state index in [2.05, 4.69) is 0 Å². The van der Waals surface area contributed by atoms with E-state index in [9.17, 15) is 8.42 Å². The Balaban J connectivity index is 1.88. The van der Waals surface area contributed by atoms with Gasteiger partial charge in [0.2, 0.25) is 0 Å². The van der Waals surface area contributed by atoms with Crippen LogP contribution in [-0.4, -0.2) is 39.0 Å². The molecule has 0 bridgehead atoms. The molecule has 0 radical (unpaired) electrons. The van der Waals surface area contributed by atoms with Crippen LogP contribution in [0.5, 0.6) is 0 Å². The van der Waals surface area contributed by atoms with E-state index in [1.165, 1.54) is 0 Å². The van der Waals surface area contributed by atoms with E-state index in [1.807, 2.05) is 0 Å². The third-order valence-electron chi connectivity index (χ3n) is 4.11. The molecule has 2 rings (SSSR count). The second-order valence-electron chi connectivity index (χ2n) is 5.37. The number of ether oxygens (including phenoxy) is 1. The third-order valence-corrected chi connectivity index (χ3v) is 6.30. The fourth-order valence-electron chi connectivity index (χ4n) is 2.99. The summed E-state index contributed by atoms with van der Waals surface area (Å²) in [6, 6.07) is 0. The summed E-state index contributed by atoms with van der Waals surface area (Å²) in [6.45, 7) is 1.70. The zero-order chi connectivity index (χ0) is 12.3. The highest BCUT2D eigenvalue weighted by atomic mass is 35.5. The molecule has 5 heteroatoms. The molecule has 0 spiro atoms. The van der Waals surface area contributed by atoms with E-state index < -0.39 is 9.84 Å². The molecular formula is C12H21ClO3S. The van der Waals surface area contributed by atoms with Crippen LogP contribution >= 0.6 is 11.6 Å². The topological polar surface area (TPSA) is 43.4 Å². The molecule has 0 aliphatic carbocycles. The SMILES string of the molecule is O=S1(=O)CCC(C(CCl)CC2CCOCC2)C1. The van der Waals surface area contributed by atoms with E-state index in [1.54, 1.807) is 0 Å². The minimum atomic E-state index is -2.77. The van der Waals surface area contributed by atoms with Crippen molar-refractivity contribution in [2.24, 2.45) is 17.8 Å². The molecule has 2 saturated heterocycles. The van der Waals surface area contributed by atoms with Gasteiger partial charge in [-0.05, 0) is 43.4 Å². The number of halogens is 1. The fourth-order valence-corrected chi connectivity index (χ4v) is 5.28. The summed E-state index contributed by atoms with van der Waals surface area (Å²) in [5, 5.41) is 0. The van der Waals surface area contributed by atoms with Crippen molar-refractivity contribution >= 4 is 21.4 Å². The summed E-state index contributed by atoms with van der Waals surface area (Å²) in [6.07, 6.45) is 4.09. The van der Waals surface area contributed by atoms with Gasteiger partial charge in [-0.3, -0.25) is 0 Å². The zero-order valence-corrected chi connectivity index (χ0v) is 11.7. The molecule has 0 amide bonds. The van der Waals surface area contributed by atoms with E-state index in [-0.39, 0.29) is 0 Å². The molecule has 100 valence electrons. The Hall–Kier alpha value is 0.200. The first-order valence-corrected chi connectivity index (χ1v) is 8.80. The Labute approximate surface area is 109 Å². The van der Waals surface area contributed by atoms with Gasteiger partial charge >= 0.3 is 0 Å². The van der Waals surface area contributed by atoms with Crippen molar-refractivity contribution in [1.82, 2.24) is 0 Å². The minimum Gasteiger partial charge on any atom is -0.381 e. The summed E-state index contributed by atoms with van der Waals surface area (Å²) >= 11 is 6.03. The highest BCUT2D eigenvalue weighted by Crippen LogP contribution is 2.33. The van der Waals surface area contributed by atoms with E-state index >= 15 is 0 Å². The highest BCUT2D eigenvalue weighted by Gasteiger charge is 2.34. The van der Waals surface area contributed by atoms with E-state index in [4.69, 9.17) is 16.3 Å². The minimum absolute atomic E-state index is 0.292. The Morgan fingerprint density at radius 2 is 1.94 bits per heavy atom. The van der Waals surface area contributed by atoms with E-state index in [0.717, 1.165) is 38.9 Å². The van der Waals surface area contributed by atoms with Gasteiger partial charge in [-0.2, -0.15) is 0 Å². The number of sulfone groups is 1. The molecule has 0 aromatic carbocycles. The van der Waals surface area contributed by atoms with Crippen LogP contribution in [-0.2, 0) is 14.6 Å². The summed E-state index contributed by atoms with van der Waals surface area (Å²) in [5.74, 6) is 2.65. The van der Waals surface area contributed by atoms with Gasteiger partial charge in [0.15, 0.2) is 9.84 Å². The van der Waals surface area contributed by atoms with Crippen molar-refractivity contribution in [2.45, 2.75) is 25.7 Å². The summed E-state index contributed by atoms with van der Waals surface area (Å²) < 4.78 is 28.3. The molecule has 2 heterocycles. The highest BCUT2D eigenvalue weighted by molar-refractivity contribution is 7.91. The van der Waals surface area contributed by atoms with Crippen molar-refractivity contribution < 1.29 is 13.2 Å². The molecule has 2 unspecified atom stereocenters. The Morgan fingerprint density at radius 3 is 2.47 bits per heavy atom. The van der Waals surface area contributed by atoms with Gasteiger partial charge in [0.1, 0.15) is 0 Å². The van der Waals surface area contributed by atoms with Crippen molar-refractivity contribution in [3.05, 3.63) is 0 Å². The van der Waals surface area contributed by atoms with Gasteiger partial charge in [-0.25, -0.2) is 8.42 Å². The lowest BCUT2D eigenvalue weighted by Gasteiger charge is -2.28. The average molecular weight is 281 g/mol. The molecule has 0 saturated carbocycles. The molecule has 3 nitrogen and oxygen atoms in total.